The average molecular weight is 646 g/mol. The first-order valence-corrected chi connectivity index (χ1v) is 17.4. The lowest BCUT2D eigenvalue weighted by molar-refractivity contribution is 0.401. The van der Waals surface area contributed by atoms with Crippen molar-refractivity contribution in [3.63, 3.8) is 0 Å². The van der Waals surface area contributed by atoms with Crippen molar-refractivity contribution in [1.82, 2.24) is 9.71 Å². The molecule has 2 aromatic heterocycles. The Hall–Kier alpha value is -4.52. The van der Waals surface area contributed by atoms with Crippen LogP contribution in [0.25, 0.3) is 10.9 Å². The van der Waals surface area contributed by atoms with E-state index >= 15 is 0 Å². The molecule has 3 N–H and O–H groups in total. The monoisotopic (exact) mass is 645 g/mol. The average Bonchev–Trinajstić information content (AvgIpc) is 3.87. The van der Waals surface area contributed by atoms with Gasteiger partial charge in [0.2, 0.25) is 10.0 Å². The normalized spacial score (nSPS) is 14.3. The molecule has 3 aromatic carbocycles. The van der Waals surface area contributed by atoms with Gasteiger partial charge in [0.15, 0.2) is 0 Å². The Labute approximate surface area is 260 Å². The topological polar surface area (TPSA) is 156 Å². The van der Waals surface area contributed by atoms with Crippen molar-refractivity contribution in [3.05, 3.63) is 124 Å². The van der Waals surface area contributed by atoms with Crippen LogP contribution >= 0.6 is 0 Å². The highest BCUT2D eigenvalue weighted by Crippen LogP contribution is 2.48. The van der Waals surface area contributed by atoms with Crippen molar-refractivity contribution in [1.29, 1.82) is 0 Å². The van der Waals surface area contributed by atoms with Gasteiger partial charge >= 0.3 is 5.63 Å². The van der Waals surface area contributed by atoms with Crippen LogP contribution in [-0.2, 0) is 33.0 Å². The fourth-order valence-corrected chi connectivity index (χ4v) is 8.15. The molecule has 1 saturated carbocycles. The SMILES string of the molecule is CCc1ccccc1S(=O)(=O)NCc1cc(O)c(C(c2cccc(NS(=O)(=O)c3cccc4cccnc34)c2)C2CC2)c(=O)o1. The molecule has 1 aliphatic rings. The number of sulfonamides is 2. The number of para-hydroxylation sites is 1. The van der Waals surface area contributed by atoms with Gasteiger partial charge in [0, 0.05) is 29.3 Å². The molecule has 1 fully saturated rings. The van der Waals surface area contributed by atoms with E-state index in [9.17, 15) is 26.7 Å². The largest absolute Gasteiger partial charge is 0.507 e. The number of benzene rings is 3. The summed E-state index contributed by atoms with van der Waals surface area (Å²) in [6.45, 7) is 1.52. The molecule has 1 aliphatic carbocycles. The van der Waals surface area contributed by atoms with Crippen LogP contribution in [0.5, 0.6) is 5.75 Å². The summed E-state index contributed by atoms with van der Waals surface area (Å²) in [5.41, 5.74) is 1.16. The molecule has 10 nitrogen and oxygen atoms in total. The van der Waals surface area contributed by atoms with E-state index in [-0.39, 0.29) is 45.0 Å². The maximum absolute atomic E-state index is 13.4. The van der Waals surface area contributed by atoms with Crippen molar-refractivity contribution >= 4 is 36.6 Å². The van der Waals surface area contributed by atoms with Gasteiger partial charge in [-0.05, 0) is 66.6 Å². The first-order valence-electron chi connectivity index (χ1n) is 14.5. The highest BCUT2D eigenvalue weighted by molar-refractivity contribution is 7.93. The molecule has 0 amide bonds. The van der Waals surface area contributed by atoms with Gasteiger partial charge in [0.1, 0.15) is 16.4 Å². The number of nitrogens with one attached hydrogen (secondary N) is 2. The summed E-state index contributed by atoms with van der Waals surface area (Å²) < 4.78 is 63.3. The molecule has 6 rings (SSSR count). The number of aryl methyl sites for hydroxylation is 1. The van der Waals surface area contributed by atoms with Gasteiger partial charge in [0.25, 0.3) is 10.0 Å². The third kappa shape index (κ3) is 6.35. The van der Waals surface area contributed by atoms with Crippen LogP contribution in [0.4, 0.5) is 5.69 Å². The second-order valence-electron chi connectivity index (χ2n) is 11.0. The number of hydrogen-bond donors (Lipinski definition) is 3. The number of rotatable bonds is 11. The minimum absolute atomic E-state index is 0.0304. The van der Waals surface area contributed by atoms with Crippen molar-refractivity contribution in [3.8, 4) is 5.75 Å². The van der Waals surface area contributed by atoms with E-state index in [1.54, 1.807) is 66.7 Å². The fraction of sp³-hybridized carbons (Fsp3) is 0.212. The van der Waals surface area contributed by atoms with Gasteiger partial charge in [-0.25, -0.2) is 26.4 Å². The summed E-state index contributed by atoms with van der Waals surface area (Å²) in [5.74, 6) is -0.896. The Balaban J connectivity index is 1.27. The Morgan fingerprint density at radius 3 is 2.40 bits per heavy atom. The lowest BCUT2D eigenvalue weighted by Crippen LogP contribution is -2.25. The second kappa shape index (κ2) is 12.1. The van der Waals surface area contributed by atoms with Crippen molar-refractivity contribution in [2.45, 2.75) is 48.4 Å². The van der Waals surface area contributed by atoms with Crippen LogP contribution < -0.4 is 15.1 Å². The second-order valence-corrected chi connectivity index (χ2v) is 14.3. The third-order valence-electron chi connectivity index (χ3n) is 7.88. The Bertz CT molecular complexity index is 2170. The van der Waals surface area contributed by atoms with Crippen LogP contribution in [0, 0.1) is 5.92 Å². The zero-order valence-electron chi connectivity index (χ0n) is 24.3. The highest BCUT2D eigenvalue weighted by Gasteiger charge is 2.37. The summed E-state index contributed by atoms with van der Waals surface area (Å²) in [4.78, 5) is 17.7. The zero-order chi connectivity index (χ0) is 31.8. The minimum Gasteiger partial charge on any atom is -0.507 e. The van der Waals surface area contributed by atoms with Crippen molar-refractivity contribution < 1.29 is 26.4 Å². The van der Waals surface area contributed by atoms with Gasteiger partial charge in [-0.2, -0.15) is 0 Å². The molecule has 0 aliphatic heterocycles. The number of fused-ring (bicyclic) bond motifs is 1. The Morgan fingerprint density at radius 1 is 0.911 bits per heavy atom. The minimum atomic E-state index is -4.01. The molecule has 1 atom stereocenters. The summed E-state index contributed by atoms with van der Waals surface area (Å²) >= 11 is 0. The Morgan fingerprint density at radius 2 is 1.64 bits per heavy atom. The Kier molecular flexibility index (Phi) is 8.21. The fourth-order valence-electron chi connectivity index (χ4n) is 5.62. The number of pyridine rings is 1. The van der Waals surface area contributed by atoms with Crippen molar-refractivity contribution in [2.75, 3.05) is 4.72 Å². The first kappa shape index (κ1) is 30.5. The van der Waals surface area contributed by atoms with Gasteiger partial charge in [-0.3, -0.25) is 9.71 Å². The predicted molar refractivity (Wildman–Crippen MR) is 170 cm³/mol. The quantitative estimate of drug-likeness (QED) is 0.175. The molecule has 0 spiro atoms. The van der Waals surface area contributed by atoms with E-state index in [1.807, 2.05) is 6.92 Å². The molecule has 232 valence electrons. The van der Waals surface area contributed by atoms with Crippen LogP contribution in [0.3, 0.4) is 0 Å². The number of aromatic nitrogens is 1. The predicted octanol–water partition coefficient (Wildman–Crippen LogP) is 5.28. The molecule has 1 unspecified atom stereocenters. The van der Waals surface area contributed by atoms with E-state index in [2.05, 4.69) is 14.4 Å². The highest BCUT2D eigenvalue weighted by atomic mass is 32.2. The summed E-state index contributed by atoms with van der Waals surface area (Å²) in [6, 6.07) is 23.0. The van der Waals surface area contributed by atoms with E-state index in [0.717, 1.165) is 12.8 Å². The number of nitrogens with zero attached hydrogens (tertiary/aromatic N) is 1. The molecular formula is C33H31N3O7S2. The molecule has 12 heteroatoms. The molecule has 0 bridgehead atoms. The van der Waals surface area contributed by atoms with E-state index in [4.69, 9.17) is 4.42 Å². The standard InChI is InChI=1S/C33H31N3O7S2/c1-2-21-8-3-4-13-28(21)44(39,40)35-20-26-19-27(37)31(33(38)43-26)30(22-15-16-22)24-10-5-12-25(18-24)36-45(41,42)29-14-6-9-23-11-7-17-34-32(23)29/h3-14,17-19,22,30,35-37H,2,15-16,20H2,1H3. The van der Waals surface area contributed by atoms with Crippen LogP contribution in [0.1, 0.15) is 48.1 Å². The maximum atomic E-state index is 13.4. The summed E-state index contributed by atoms with van der Waals surface area (Å²) in [7, 11) is -7.92. The van der Waals surface area contributed by atoms with Crippen molar-refractivity contribution in [2.24, 2.45) is 5.92 Å². The molecule has 0 saturated heterocycles. The molecular weight excluding hydrogens is 615 g/mol. The van der Waals surface area contributed by atoms with E-state index in [0.29, 0.717) is 28.5 Å². The number of hydrogen-bond acceptors (Lipinski definition) is 8. The molecule has 2 heterocycles. The lowest BCUT2D eigenvalue weighted by Gasteiger charge is -2.19. The van der Waals surface area contributed by atoms with Gasteiger partial charge in [-0.15, -0.1) is 0 Å². The molecule has 5 aromatic rings. The third-order valence-corrected chi connectivity index (χ3v) is 10.8. The van der Waals surface area contributed by atoms with E-state index < -0.39 is 31.6 Å². The van der Waals surface area contributed by atoms with Gasteiger partial charge in [0.05, 0.1) is 22.5 Å². The first-order chi connectivity index (χ1) is 21.6. The van der Waals surface area contributed by atoms with E-state index in [1.165, 1.54) is 24.4 Å². The van der Waals surface area contributed by atoms with Crippen LogP contribution in [0.2, 0.25) is 0 Å². The molecule has 45 heavy (non-hydrogen) atoms. The lowest BCUT2D eigenvalue weighted by atomic mass is 9.87. The summed E-state index contributed by atoms with van der Waals surface area (Å²) in [6.07, 6.45) is 3.67. The van der Waals surface area contributed by atoms with Gasteiger partial charge in [-0.1, -0.05) is 55.5 Å². The van der Waals surface area contributed by atoms with Crippen LogP contribution in [-0.4, -0.2) is 26.9 Å². The number of anilines is 1. The maximum Gasteiger partial charge on any atom is 0.343 e. The smallest absolute Gasteiger partial charge is 0.343 e. The van der Waals surface area contributed by atoms with Gasteiger partial charge < -0.3 is 9.52 Å². The molecule has 0 radical (unpaired) electrons. The summed E-state index contributed by atoms with van der Waals surface area (Å²) in [5, 5.41) is 11.7. The van der Waals surface area contributed by atoms with Crippen LogP contribution in [0.15, 0.2) is 110 Å². The number of aromatic hydroxyl groups is 1. The zero-order valence-corrected chi connectivity index (χ0v) is 25.9.